The van der Waals surface area contributed by atoms with Crippen molar-refractivity contribution in [2.75, 3.05) is 26.2 Å². The topological polar surface area (TPSA) is 40.6 Å². The van der Waals surface area contributed by atoms with Crippen LogP contribution >= 0.6 is 0 Å². The first kappa shape index (κ1) is 20.7. The molecule has 0 radical (unpaired) electrons. The predicted octanol–water partition coefficient (Wildman–Crippen LogP) is 3.89. The summed E-state index contributed by atoms with van der Waals surface area (Å²) in [5.41, 5.74) is 0.0766. The molecule has 2 heterocycles. The highest BCUT2D eigenvalue weighted by atomic mass is 19.4. The van der Waals surface area contributed by atoms with Crippen LogP contribution in [0.25, 0.3) is 0 Å². The Kier molecular flexibility index (Phi) is 6.62. The number of carbonyl (C=O) groups is 2. The summed E-state index contributed by atoms with van der Waals surface area (Å²) in [5.74, 6) is 0.509. The SMILES string of the molecule is O=C1CCCN1CCC(=O)N1CCC[C@@H](CCc2cccc(C(F)(F)F)c2)C1. The van der Waals surface area contributed by atoms with Gasteiger partial charge in [-0.15, -0.1) is 0 Å². The van der Waals surface area contributed by atoms with Crippen molar-refractivity contribution >= 4 is 11.8 Å². The summed E-state index contributed by atoms with van der Waals surface area (Å²) in [6.07, 6.45) is 0.750. The van der Waals surface area contributed by atoms with E-state index in [1.807, 2.05) is 4.90 Å². The van der Waals surface area contributed by atoms with Crippen molar-refractivity contribution in [1.29, 1.82) is 0 Å². The first-order chi connectivity index (χ1) is 13.3. The first-order valence-corrected chi connectivity index (χ1v) is 10.0. The Hall–Kier alpha value is -2.05. The van der Waals surface area contributed by atoms with Crippen LogP contribution in [0, 0.1) is 5.92 Å². The van der Waals surface area contributed by atoms with Gasteiger partial charge in [-0.3, -0.25) is 9.59 Å². The van der Waals surface area contributed by atoms with E-state index in [1.54, 1.807) is 11.0 Å². The fraction of sp³-hybridized carbons (Fsp3) is 0.619. The van der Waals surface area contributed by atoms with E-state index in [4.69, 9.17) is 0 Å². The molecule has 0 unspecified atom stereocenters. The third kappa shape index (κ3) is 5.49. The fourth-order valence-corrected chi connectivity index (χ4v) is 4.13. The van der Waals surface area contributed by atoms with Crippen molar-refractivity contribution in [3.05, 3.63) is 35.4 Å². The van der Waals surface area contributed by atoms with Gasteiger partial charge in [-0.05, 0) is 49.7 Å². The molecule has 0 spiro atoms. The molecule has 2 amide bonds. The first-order valence-electron chi connectivity index (χ1n) is 10.0. The Balaban J connectivity index is 1.47. The Bertz CT molecular complexity index is 705. The van der Waals surface area contributed by atoms with Gasteiger partial charge in [0.05, 0.1) is 5.56 Å². The second-order valence-corrected chi connectivity index (χ2v) is 7.82. The van der Waals surface area contributed by atoms with Gasteiger partial charge in [0.2, 0.25) is 11.8 Å². The van der Waals surface area contributed by atoms with E-state index in [0.717, 1.165) is 44.8 Å². The van der Waals surface area contributed by atoms with E-state index in [9.17, 15) is 22.8 Å². The quantitative estimate of drug-likeness (QED) is 0.732. The molecule has 0 aliphatic carbocycles. The van der Waals surface area contributed by atoms with Gasteiger partial charge in [0.15, 0.2) is 0 Å². The van der Waals surface area contributed by atoms with Crippen LogP contribution in [-0.2, 0) is 22.2 Å². The minimum absolute atomic E-state index is 0.0727. The molecule has 1 atom stereocenters. The van der Waals surface area contributed by atoms with Crippen LogP contribution in [0.15, 0.2) is 24.3 Å². The largest absolute Gasteiger partial charge is 0.416 e. The number of hydrogen-bond donors (Lipinski definition) is 0. The molecule has 2 fully saturated rings. The zero-order valence-electron chi connectivity index (χ0n) is 16.0. The maximum atomic E-state index is 12.8. The summed E-state index contributed by atoms with van der Waals surface area (Å²) in [4.78, 5) is 27.8. The number of amides is 2. The van der Waals surface area contributed by atoms with Crippen LogP contribution in [0.4, 0.5) is 13.2 Å². The number of hydrogen-bond acceptors (Lipinski definition) is 2. The third-order valence-corrected chi connectivity index (χ3v) is 5.73. The van der Waals surface area contributed by atoms with Crippen molar-refractivity contribution in [2.24, 2.45) is 5.92 Å². The maximum Gasteiger partial charge on any atom is 0.416 e. The molecule has 0 bridgehead atoms. The Morgan fingerprint density at radius 1 is 1.18 bits per heavy atom. The van der Waals surface area contributed by atoms with E-state index in [1.165, 1.54) is 12.1 Å². The molecule has 2 aliphatic rings. The van der Waals surface area contributed by atoms with Crippen molar-refractivity contribution in [2.45, 2.75) is 51.1 Å². The number of alkyl halides is 3. The Morgan fingerprint density at radius 3 is 2.71 bits per heavy atom. The lowest BCUT2D eigenvalue weighted by Gasteiger charge is -2.33. The molecular formula is C21H27F3N2O2. The van der Waals surface area contributed by atoms with Gasteiger partial charge < -0.3 is 9.80 Å². The van der Waals surface area contributed by atoms with Crippen LogP contribution in [0.1, 0.15) is 49.7 Å². The summed E-state index contributed by atoms with van der Waals surface area (Å²) in [6, 6.07) is 5.50. The Labute approximate surface area is 163 Å². The van der Waals surface area contributed by atoms with E-state index in [0.29, 0.717) is 43.8 Å². The number of carbonyl (C=O) groups excluding carboxylic acids is 2. The van der Waals surface area contributed by atoms with Gasteiger partial charge in [-0.2, -0.15) is 13.2 Å². The maximum absolute atomic E-state index is 12.8. The summed E-state index contributed by atoms with van der Waals surface area (Å²) >= 11 is 0. The lowest BCUT2D eigenvalue weighted by Crippen LogP contribution is -2.41. The standard InChI is InChI=1S/C21H27F3N2O2/c22-21(23,24)18-6-1-4-16(14-18)8-9-17-5-2-12-26(15-17)20(28)10-13-25-11-3-7-19(25)27/h1,4,6,14,17H,2-3,5,7-13,15H2/t17-/m0/s1. The summed E-state index contributed by atoms with van der Waals surface area (Å²) in [6.45, 7) is 2.62. The molecule has 0 aromatic heterocycles. The monoisotopic (exact) mass is 396 g/mol. The molecule has 7 heteroatoms. The van der Waals surface area contributed by atoms with Crippen molar-refractivity contribution < 1.29 is 22.8 Å². The van der Waals surface area contributed by atoms with E-state index in [-0.39, 0.29) is 11.8 Å². The number of likely N-dealkylation sites (tertiary alicyclic amines) is 2. The van der Waals surface area contributed by atoms with Gasteiger partial charge in [0, 0.05) is 39.0 Å². The zero-order valence-corrected chi connectivity index (χ0v) is 16.0. The molecule has 1 aromatic rings. The molecule has 2 saturated heterocycles. The van der Waals surface area contributed by atoms with Crippen LogP contribution in [-0.4, -0.2) is 47.8 Å². The minimum atomic E-state index is -4.32. The average molecular weight is 396 g/mol. The van der Waals surface area contributed by atoms with Crippen molar-refractivity contribution in [1.82, 2.24) is 9.80 Å². The molecule has 0 saturated carbocycles. The van der Waals surface area contributed by atoms with Crippen LogP contribution in [0.2, 0.25) is 0 Å². The summed E-state index contributed by atoms with van der Waals surface area (Å²) in [7, 11) is 0. The molecule has 4 nitrogen and oxygen atoms in total. The highest BCUT2D eigenvalue weighted by Gasteiger charge is 2.30. The summed E-state index contributed by atoms with van der Waals surface area (Å²) in [5, 5.41) is 0. The molecule has 0 N–H and O–H groups in total. The second-order valence-electron chi connectivity index (χ2n) is 7.82. The molecule has 3 rings (SSSR count). The van der Waals surface area contributed by atoms with E-state index in [2.05, 4.69) is 0 Å². The smallest absolute Gasteiger partial charge is 0.342 e. The highest BCUT2D eigenvalue weighted by molar-refractivity contribution is 5.80. The number of piperidine rings is 1. The van der Waals surface area contributed by atoms with Crippen LogP contribution in [0.3, 0.4) is 0 Å². The molecule has 1 aromatic carbocycles. The van der Waals surface area contributed by atoms with Gasteiger partial charge >= 0.3 is 6.18 Å². The number of benzene rings is 1. The molecule has 2 aliphatic heterocycles. The van der Waals surface area contributed by atoms with Crippen LogP contribution in [0.5, 0.6) is 0 Å². The van der Waals surface area contributed by atoms with Crippen molar-refractivity contribution in [3.8, 4) is 0 Å². The minimum Gasteiger partial charge on any atom is -0.342 e. The molecule has 154 valence electrons. The van der Waals surface area contributed by atoms with Gasteiger partial charge in [0.25, 0.3) is 0 Å². The Morgan fingerprint density at radius 2 is 2.00 bits per heavy atom. The van der Waals surface area contributed by atoms with Crippen molar-refractivity contribution in [3.63, 3.8) is 0 Å². The second kappa shape index (κ2) is 8.97. The number of rotatable bonds is 6. The lowest BCUT2D eigenvalue weighted by atomic mass is 9.91. The molecule has 28 heavy (non-hydrogen) atoms. The van der Waals surface area contributed by atoms with E-state index < -0.39 is 11.7 Å². The van der Waals surface area contributed by atoms with Crippen LogP contribution < -0.4 is 0 Å². The lowest BCUT2D eigenvalue weighted by molar-refractivity contribution is -0.138. The van der Waals surface area contributed by atoms with E-state index >= 15 is 0 Å². The average Bonchev–Trinajstić information content (AvgIpc) is 3.09. The zero-order chi connectivity index (χ0) is 20.1. The van der Waals surface area contributed by atoms with Gasteiger partial charge in [-0.1, -0.05) is 18.2 Å². The van der Waals surface area contributed by atoms with Gasteiger partial charge in [-0.25, -0.2) is 0 Å². The number of aryl methyl sites for hydroxylation is 1. The molecular weight excluding hydrogens is 369 g/mol. The summed E-state index contributed by atoms with van der Waals surface area (Å²) < 4.78 is 38.5. The highest BCUT2D eigenvalue weighted by Crippen LogP contribution is 2.30. The fourth-order valence-electron chi connectivity index (χ4n) is 4.13. The predicted molar refractivity (Wildman–Crippen MR) is 99.5 cm³/mol. The number of halogens is 3. The van der Waals surface area contributed by atoms with Gasteiger partial charge in [0.1, 0.15) is 0 Å². The number of nitrogens with zero attached hydrogens (tertiary/aromatic N) is 2. The normalized spacial score (nSPS) is 20.7. The third-order valence-electron chi connectivity index (χ3n) is 5.73.